The molecule has 0 aromatic carbocycles. The molecule has 0 aliphatic carbocycles. The molecule has 10 heavy (non-hydrogen) atoms. The second-order valence-corrected chi connectivity index (χ2v) is 2.10. The molecule has 1 unspecified atom stereocenters. The quantitative estimate of drug-likeness (QED) is 0.594. The van der Waals surface area contributed by atoms with E-state index in [0.717, 1.165) is 0 Å². The molecule has 1 N–H and O–H groups in total. The van der Waals surface area contributed by atoms with E-state index in [1.54, 1.807) is 6.92 Å². The molecule has 0 saturated carbocycles. The third-order valence-electron chi connectivity index (χ3n) is 1.20. The van der Waals surface area contributed by atoms with Crippen molar-refractivity contribution in [3.8, 4) is 0 Å². The van der Waals surface area contributed by atoms with Crippen molar-refractivity contribution in [1.82, 2.24) is 0 Å². The summed E-state index contributed by atoms with van der Waals surface area (Å²) in [5.74, 6) is -0.257. The molecule has 0 aliphatic rings. The molecule has 0 spiro atoms. The molecule has 0 radical (unpaired) electrons. The van der Waals surface area contributed by atoms with Crippen LogP contribution in [0.4, 0.5) is 0 Å². The minimum atomic E-state index is -0.504. The fraction of sp³-hybridized carbons (Fsp3) is 0.857. The van der Waals surface area contributed by atoms with E-state index in [0.29, 0.717) is 12.8 Å². The van der Waals surface area contributed by atoms with E-state index in [1.165, 1.54) is 0 Å². The van der Waals surface area contributed by atoms with Gasteiger partial charge in [-0.1, -0.05) is 13.8 Å². The average molecular weight is 146 g/mol. The summed E-state index contributed by atoms with van der Waals surface area (Å²) in [7, 11) is 0. The Hall–Kier alpha value is -0.570. The normalized spacial score (nSPS) is 12.7. The third kappa shape index (κ3) is 4.32. The van der Waals surface area contributed by atoms with Crippen molar-refractivity contribution in [3.63, 3.8) is 0 Å². The van der Waals surface area contributed by atoms with Crippen LogP contribution in [-0.4, -0.2) is 23.8 Å². The van der Waals surface area contributed by atoms with E-state index in [-0.39, 0.29) is 12.6 Å². The Morgan fingerprint density at radius 2 is 2.20 bits per heavy atom. The molecular formula is C7H14O3. The van der Waals surface area contributed by atoms with E-state index in [1.807, 2.05) is 6.92 Å². The molecule has 0 bridgehead atoms. The van der Waals surface area contributed by atoms with Gasteiger partial charge in [-0.2, -0.15) is 0 Å². The first-order valence-corrected chi connectivity index (χ1v) is 3.54. The number of carbonyl (C=O) groups is 1. The predicted molar refractivity (Wildman–Crippen MR) is 37.5 cm³/mol. The van der Waals surface area contributed by atoms with Gasteiger partial charge in [-0.15, -0.1) is 0 Å². The maximum atomic E-state index is 10.5. The summed E-state index contributed by atoms with van der Waals surface area (Å²) in [5, 5.41) is 8.93. The Labute approximate surface area is 61.0 Å². The van der Waals surface area contributed by atoms with Crippen LogP contribution in [0.25, 0.3) is 0 Å². The summed E-state index contributed by atoms with van der Waals surface area (Å²) in [6.45, 7) is 3.69. The molecule has 3 nitrogen and oxygen atoms in total. The molecule has 1 atom stereocenters. The van der Waals surface area contributed by atoms with E-state index in [2.05, 4.69) is 4.74 Å². The van der Waals surface area contributed by atoms with Gasteiger partial charge in [0.1, 0.15) is 6.61 Å². The molecule has 0 fully saturated rings. The van der Waals surface area contributed by atoms with Crippen molar-refractivity contribution in [1.29, 1.82) is 0 Å². The minimum Gasteiger partial charge on any atom is -0.463 e. The maximum absolute atomic E-state index is 10.5. The Morgan fingerprint density at radius 1 is 1.60 bits per heavy atom. The zero-order valence-electron chi connectivity index (χ0n) is 6.46. The van der Waals surface area contributed by atoms with Crippen LogP contribution in [0.15, 0.2) is 0 Å². The number of rotatable bonds is 4. The van der Waals surface area contributed by atoms with Gasteiger partial charge < -0.3 is 9.84 Å². The first kappa shape index (κ1) is 9.43. The second-order valence-electron chi connectivity index (χ2n) is 2.10. The number of aliphatic hydroxyl groups excluding tert-OH is 1. The second kappa shape index (κ2) is 5.23. The van der Waals surface area contributed by atoms with E-state index in [4.69, 9.17) is 5.11 Å². The molecular weight excluding hydrogens is 132 g/mol. The summed E-state index contributed by atoms with van der Waals surface area (Å²) in [5.41, 5.74) is 0. The fourth-order valence-corrected chi connectivity index (χ4v) is 0.409. The summed E-state index contributed by atoms with van der Waals surface area (Å²) in [6, 6.07) is 0. The topological polar surface area (TPSA) is 46.5 Å². The summed E-state index contributed by atoms with van der Waals surface area (Å²) < 4.78 is 4.65. The summed E-state index contributed by atoms with van der Waals surface area (Å²) in [4.78, 5) is 10.5. The lowest BCUT2D eigenvalue weighted by atomic mass is 10.3. The molecule has 0 amide bonds. The predicted octanol–water partition coefficient (Wildman–Crippen LogP) is 0.711. The van der Waals surface area contributed by atoms with Crippen molar-refractivity contribution in [2.45, 2.75) is 32.8 Å². The molecule has 0 aromatic heterocycles. The highest BCUT2D eigenvalue weighted by atomic mass is 16.5. The first-order valence-electron chi connectivity index (χ1n) is 3.54. The summed E-state index contributed by atoms with van der Waals surface area (Å²) in [6.07, 6.45) is 0.489. The lowest BCUT2D eigenvalue weighted by Gasteiger charge is -2.06. The van der Waals surface area contributed by atoms with Crippen LogP contribution in [0.2, 0.25) is 0 Å². The van der Waals surface area contributed by atoms with E-state index in [9.17, 15) is 4.79 Å². The van der Waals surface area contributed by atoms with Crippen LogP contribution in [0.1, 0.15) is 26.7 Å². The number of aliphatic hydroxyl groups is 1. The highest BCUT2D eigenvalue weighted by molar-refractivity contribution is 5.68. The lowest BCUT2D eigenvalue weighted by molar-refractivity contribution is -0.146. The monoisotopic (exact) mass is 146 g/mol. The average Bonchev–Trinajstić information content (AvgIpc) is 1.99. The van der Waals surface area contributed by atoms with Crippen molar-refractivity contribution >= 4 is 5.97 Å². The highest BCUT2D eigenvalue weighted by Gasteiger charge is 2.03. The van der Waals surface area contributed by atoms with Crippen LogP contribution in [0.5, 0.6) is 0 Å². The third-order valence-corrected chi connectivity index (χ3v) is 1.20. The first-order chi connectivity index (χ1) is 4.70. The smallest absolute Gasteiger partial charge is 0.305 e. The largest absolute Gasteiger partial charge is 0.463 e. The van der Waals surface area contributed by atoms with Gasteiger partial charge in [-0.3, -0.25) is 4.79 Å². The fourth-order valence-electron chi connectivity index (χ4n) is 0.409. The number of hydrogen-bond donors (Lipinski definition) is 1. The van der Waals surface area contributed by atoms with Crippen LogP contribution < -0.4 is 0 Å². The number of carbonyl (C=O) groups excluding carboxylic acids is 1. The Morgan fingerprint density at radius 3 is 2.60 bits per heavy atom. The molecule has 0 aromatic rings. The Kier molecular flexibility index (Phi) is 4.94. The lowest BCUT2D eigenvalue weighted by Crippen LogP contribution is -2.16. The SMILES string of the molecule is CCC(=O)OCC(O)CC. The van der Waals surface area contributed by atoms with Crippen LogP contribution in [-0.2, 0) is 9.53 Å². The van der Waals surface area contributed by atoms with Gasteiger partial charge in [-0.25, -0.2) is 0 Å². The molecule has 60 valence electrons. The maximum Gasteiger partial charge on any atom is 0.305 e. The van der Waals surface area contributed by atoms with Gasteiger partial charge in [-0.05, 0) is 6.42 Å². The summed E-state index contributed by atoms with van der Waals surface area (Å²) >= 11 is 0. The number of ether oxygens (including phenoxy) is 1. The molecule has 0 heterocycles. The van der Waals surface area contributed by atoms with Crippen LogP contribution in [0, 0.1) is 0 Å². The van der Waals surface area contributed by atoms with Crippen molar-refractivity contribution < 1.29 is 14.6 Å². The van der Waals surface area contributed by atoms with E-state index >= 15 is 0 Å². The Balaban J connectivity index is 3.26. The molecule has 0 rings (SSSR count). The zero-order chi connectivity index (χ0) is 7.98. The highest BCUT2D eigenvalue weighted by Crippen LogP contribution is 1.92. The van der Waals surface area contributed by atoms with Gasteiger partial charge >= 0.3 is 5.97 Å². The van der Waals surface area contributed by atoms with Gasteiger partial charge in [0.15, 0.2) is 0 Å². The van der Waals surface area contributed by atoms with Gasteiger partial charge in [0.05, 0.1) is 6.10 Å². The van der Waals surface area contributed by atoms with Gasteiger partial charge in [0, 0.05) is 6.42 Å². The Bertz CT molecular complexity index is 101. The number of esters is 1. The molecule has 0 aliphatic heterocycles. The number of hydrogen-bond acceptors (Lipinski definition) is 3. The standard InChI is InChI=1S/C7H14O3/c1-3-6(8)5-10-7(9)4-2/h6,8H,3-5H2,1-2H3. The van der Waals surface area contributed by atoms with Crippen molar-refractivity contribution in [3.05, 3.63) is 0 Å². The van der Waals surface area contributed by atoms with Crippen LogP contribution >= 0.6 is 0 Å². The van der Waals surface area contributed by atoms with Crippen LogP contribution in [0.3, 0.4) is 0 Å². The van der Waals surface area contributed by atoms with Gasteiger partial charge in [0.25, 0.3) is 0 Å². The molecule has 0 saturated heterocycles. The van der Waals surface area contributed by atoms with E-state index < -0.39 is 6.10 Å². The zero-order valence-corrected chi connectivity index (χ0v) is 6.46. The van der Waals surface area contributed by atoms with Crippen molar-refractivity contribution in [2.24, 2.45) is 0 Å². The minimum absolute atomic E-state index is 0.128. The molecule has 3 heteroatoms. The van der Waals surface area contributed by atoms with Gasteiger partial charge in [0.2, 0.25) is 0 Å². The van der Waals surface area contributed by atoms with Crippen molar-refractivity contribution in [2.75, 3.05) is 6.61 Å².